The van der Waals surface area contributed by atoms with Crippen molar-refractivity contribution in [3.8, 4) is 45.3 Å². The summed E-state index contributed by atoms with van der Waals surface area (Å²) in [6.45, 7) is 2.07. The van der Waals surface area contributed by atoms with E-state index in [0.29, 0.717) is 17.5 Å². The van der Waals surface area contributed by atoms with Crippen LogP contribution in [0.4, 0.5) is 0 Å². The minimum absolute atomic E-state index is 0.614. The summed E-state index contributed by atoms with van der Waals surface area (Å²) >= 11 is 1.88. The third-order valence-corrected chi connectivity index (χ3v) is 12.5. The van der Waals surface area contributed by atoms with Gasteiger partial charge in [0.1, 0.15) is 11.2 Å². The predicted octanol–water partition coefficient (Wildman–Crippen LogP) is 14.4. The molecule has 0 N–H and O–H groups in total. The highest BCUT2D eigenvalue weighted by Gasteiger charge is 2.19. The molecule has 5 heteroatoms. The molecule has 0 unspecified atom stereocenters. The summed E-state index contributed by atoms with van der Waals surface area (Å²) in [6.07, 6.45) is 17.7. The predicted molar refractivity (Wildman–Crippen MR) is 239 cm³/mol. The van der Waals surface area contributed by atoms with Crippen LogP contribution in [0, 0.1) is 0 Å². The molecule has 2 aliphatic carbocycles. The zero-order valence-electron chi connectivity index (χ0n) is 31.5. The molecular formula is C52H37N3OS. The van der Waals surface area contributed by atoms with Crippen molar-refractivity contribution in [3.63, 3.8) is 0 Å². The second-order valence-electron chi connectivity index (χ2n) is 14.9. The molecule has 11 rings (SSSR count). The number of aromatic nitrogens is 3. The summed E-state index contributed by atoms with van der Waals surface area (Å²) in [7, 11) is 0. The van der Waals surface area contributed by atoms with Crippen molar-refractivity contribution in [2.45, 2.75) is 32.6 Å². The first kappa shape index (κ1) is 33.6. The van der Waals surface area contributed by atoms with E-state index in [1.807, 2.05) is 53.8 Å². The van der Waals surface area contributed by atoms with E-state index in [9.17, 15) is 0 Å². The molecule has 0 amide bonds. The van der Waals surface area contributed by atoms with Gasteiger partial charge in [-0.15, -0.1) is 11.3 Å². The van der Waals surface area contributed by atoms with E-state index >= 15 is 0 Å². The third-order valence-electron chi connectivity index (χ3n) is 11.4. The van der Waals surface area contributed by atoms with Crippen molar-refractivity contribution in [1.82, 2.24) is 15.0 Å². The van der Waals surface area contributed by atoms with Gasteiger partial charge in [-0.3, -0.25) is 0 Å². The molecule has 0 radical (unpaired) electrons. The maximum Gasteiger partial charge on any atom is 0.164 e. The van der Waals surface area contributed by atoms with Gasteiger partial charge in [-0.2, -0.15) is 0 Å². The lowest BCUT2D eigenvalue weighted by atomic mass is 9.91. The fraction of sp³-hybridized carbons (Fsp3) is 0.0962. The SMILES string of the molecule is C/C=C\C1=C(c2ccc(-c3nc(-c4ccccc4)nc(-c4cccc5oc6cc(-c7ccc8c(c7)sc7cc9c(cc78)C=CCC9)ccc6c45)n3)cc2)CCC=C1. The van der Waals surface area contributed by atoms with Gasteiger partial charge in [-0.05, 0) is 108 Å². The number of fused-ring (bicyclic) bond motifs is 7. The second kappa shape index (κ2) is 13.8. The number of allylic oxidation sites excluding steroid dienone is 7. The Labute approximate surface area is 334 Å². The Kier molecular flexibility index (Phi) is 8.14. The average molecular weight is 752 g/mol. The van der Waals surface area contributed by atoms with E-state index in [4.69, 9.17) is 19.4 Å². The second-order valence-corrected chi connectivity index (χ2v) is 16.0. The molecule has 0 saturated heterocycles. The van der Waals surface area contributed by atoms with Crippen molar-refractivity contribution in [3.05, 3.63) is 174 Å². The van der Waals surface area contributed by atoms with Crippen LogP contribution < -0.4 is 0 Å². The van der Waals surface area contributed by atoms with Crippen molar-refractivity contribution in [2.24, 2.45) is 0 Å². The lowest BCUT2D eigenvalue weighted by Gasteiger charge is -2.15. The van der Waals surface area contributed by atoms with E-state index in [2.05, 4.69) is 122 Å². The maximum absolute atomic E-state index is 6.61. The molecule has 9 aromatic rings. The van der Waals surface area contributed by atoms with E-state index in [1.165, 1.54) is 53.6 Å². The van der Waals surface area contributed by atoms with Gasteiger partial charge in [0, 0.05) is 47.6 Å². The number of nitrogens with zero attached hydrogens (tertiary/aromatic N) is 3. The smallest absolute Gasteiger partial charge is 0.164 e. The number of benzene rings is 6. The first-order valence-corrected chi connectivity index (χ1v) is 20.5. The highest BCUT2D eigenvalue weighted by molar-refractivity contribution is 7.25. The van der Waals surface area contributed by atoms with Crippen molar-refractivity contribution in [1.29, 1.82) is 0 Å². The molecule has 2 aliphatic rings. The number of thiophene rings is 1. The summed E-state index contributed by atoms with van der Waals surface area (Å²) in [5, 5.41) is 4.69. The van der Waals surface area contributed by atoms with Crippen LogP contribution in [0.3, 0.4) is 0 Å². The summed E-state index contributed by atoms with van der Waals surface area (Å²) < 4.78 is 9.27. The Hall–Kier alpha value is -6.69. The normalized spacial score (nSPS) is 14.2. The van der Waals surface area contributed by atoms with E-state index in [1.54, 1.807) is 0 Å². The van der Waals surface area contributed by atoms with Crippen LogP contribution in [0.15, 0.2) is 162 Å². The van der Waals surface area contributed by atoms with Crippen LogP contribution in [0.2, 0.25) is 0 Å². The van der Waals surface area contributed by atoms with Gasteiger partial charge in [0.2, 0.25) is 0 Å². The van der Waals surface area contributed by atoms with Gasteiger partial charge in [0.05, 0.1) is 0 Å². The fourth-order valence-electron chi connectivity index (χ4n) is 8.57. The summed E-state index contributed by atoms with van der Waals surface area (Å²) in [6, 6.07) is 43.2. The largest absolute Gasteiger partial charge is 0.456 e. The van der Waals surface area contributed by atoms with Crippen LogP contribution in [0.5, 0.6) is 0 Å². The molecule has 272 valence electrons. The zero-order chi connectivity index (χ0) is 37.9. The molecule has 0 spiro atoms. The number of hydrogen-bond acceptors (Lipinski definition) is 5. The topological polar surface area (TPSA) is 51.8 Å². The molecule has 4 nitrogen and oxygen atoms in total. The highest BCUT2D eigenvalue weighted by atomic mass is 32.1. The maximum atomic E-state index is 6.61. The van der Waals surface area contributed by atoms with Gasteiger partial charge >= 0.3 is 0 Å². The minimum atomic E-state index is 0.614. The van der Waals surface area contributed by atoms with E-state index < -0.39 is 0 Å². The molecule has 3 aromatic heterocycles. The van der Waals surface area contributed by atoms with Gasteiger partial charge in [-0.1, -0.05) is 121 Å². The van der Waals surface area contributed by atoms with Crippen molar-refractivity contribution >= 4 is 65.1 Å². The molecule has 0 fully saturated rings. The molecule has 57 heavy (non-hydrogen) atoms. The molecule has 0 atom stereocenters. The summed E-state index contributed by atoms with van der Waals surface area (Å²) in [5.41, 5.74) is 13.4. The molecule has 0 aliphatic heterocycles. The number of hydrogen-bond donors (Lipinski definition) is 0. The van der Waals surface area contributed by atoms with E-state index in [-0.39, 0.29) is 0 Å². The Bertz CT molecular complexity index is 3170. The number of aryl methyl sites for hydroxylation is 1. The van der Waals surface area contributed by atoms with Crippen LogP contribution in [-0.2, 0) is 6.42 Å². The first-order valence-electron chi connectivity index (χ1n) is 19.7. The highest BCUT2D eigenvalue weighted by Crippen LogP contribution is 2.42. The molecule has 6 aromatic carbocycles. The number of rotatable bonds is 6. The zero-order valence-corrected chi connectivity index (χ0v) is 32.3. The van der Waals surface area contributed by atoms with Gasteiger partial charge in [-0.25, -0.2) is 15.0 Å². The quantitative estimate of drug-likeness (QED) is 0.170. The Morgan fingerprint density at radius 1 is 0.561 bits per heavy atom. The van der Waals surface area contributed by atoms with Crippen LogP contribution in [0.25, 0.3) is 99.1 Å². The standard InChI is InChI=1S/C52H37N3OS/c1-2-11-32-12-8-9-17-40(32)33-20-22-35(23-21-33)51-53-50(34-13-4-3-5-14-34)54-52(55-51)43-18-10-19-45-49(43)42-27-25-38(29-46(42)56-45)39-24-26-41-44-28-36-15-6-7-16-37(36)30-48(44)57-47(41)31-39/h2-6,8,10-15,18-31H,7,9,16-17H2,1H3/b11-2-. The molecule has 0 bridgehead atoms. The fourth-order valence-corrected chi connectivity index (χ4v) is 9.76. The minimum Gasteiger partial charge on any atom is -0.456 e. The lowest BCUT2D eigenvalue weighted by molar-refractivity contribution is 0.669. The first-order chi connectivity index (χ1) is 28.2. The lowest BCUT2D eigenvalue weighted by Crippen LogP contribution is -2.00. The van der Waals surface area contributed by atoms with Gasteiger partial charge < -0.3 is 4.42 Å². The van der Waals surface area contributed by atoms with Gasteiger partial charge in [0.15, 0.2) is 17.5 Å². The van der Waals surface area contributed by atoms with Crippen molar-refractivity contribution < 1.29 is 4.42 Å². The van der Waals surface area contributed by atoms with Crippen LogP contribution in [-0.4, -0.2) is 15.0 Å². The molecular weight excluding hydrogens is 715 g/mol. The van der Waals surface area contributed by atoms with Crippen LogP contribution in [0.1, 0.15) is 42.9 Å². The summed E-state index contributed by atoms with van der Waals surface area (Å²) in [4.78, 5) is 15.3. The molecule has 3 heterocycles. The van der Waals surface area contributed by atoms with Crippen molar-refractivity contribution in [2.75, 3.05) is 0 Å². The monoisotopic (exact) mass is 751 g/mol. The Balaban J connectivity index is 1.00. The van der Waals surface area contributed by atoms with Crippen LogP contribution >= 0.6 is 11.3 Å². The molecule has 0 saturated carbocycles. The number of furan rings is 1. The Morgan fingerprint density at radius 2 is 1.26 bits per heavy atom. The van der Waals surface area contributed by atoms with Gasteiger partial charge in [0.25, 0.3) is 0 Å². The Morgan fingerprint density at radius 3 is 2.11 bits per heavy atom. The van der Waals surface area contributed by atoms with E-state index in [0.717, 1.165) is 69.9 Å². The average Bonchev–Trinajstić information content (AvgIpc) is 3.83. The third kappa shape index (κ3) is 5.94. The summed E-state index contributed by atoms with van der Waals surface area (Å²) in [5.74, 6) is 1.88.